The quantitative estimate of drug-likeness (QED) is 0.708. The average Bonchev–Trinajstić information content (AvgIpc) is 2.67. The second-order valence-electron chi connectivity index (χ2n) is 5.27. The number of aromatic nitrogens is 1. The van der Waals surface area contributed by atoms with Crippen LogP contribution in [-0.2, 0) is 13.2 Å². The molecule has 1 heterocycles. The van der Waals surface area contributed by atoms with Crippen LogP contribution in [0.5, 0.6) is 5.75 Å². The van der Waals surface area contributed by atoms with E-state index in [0.717, 1.165) is 0 Å². The molecule has 0 bridgehead atoms. The first-order valence-corrected chi connectivity index (χ1v) is 7.64. The zero-order chi connectivity index (χ0) is 16.8. The molecule has 120 valence electrons. The number of carbonyl (C=O) groups excluding carboxylic acids is 1. The van der Waals surface area contributed by atoms with Gasteiger partial charge in [-0.25, -0.2) is 0 Å². The van der Waals surface area contributed by atoms with E-state index in [1.165, 1.54) is 0 Å². The van der Waals surface area contributed by atoms with Crippen LogP contribution in [0.3, 0.4) is 0 Å². The first kappa shape index (κ1) is 15.9. The minimum Gasteiger partial charge on any atom is -0.487 e. The number of aliphatic hydroxyl groups is 1. The summed E-state index contributed by atoms with van der Waals surface area (Å²) in [5.41, 5.74) is 2.52. The maximum Gasteiger partial charge on any atom is 0.193 e. The van der Waals surface area contributed by atoms with E-state index in [1.54, 1.807) is 54.9 Å². The molecule has 1 aromatic heterocycles. The molecule has 0 saturated carbocycles. The average molecular weight is 319 g/mol. The second-order valence-corrected chi connectivity index (χ2v) is 5.27. The van der Waals surface area contributed by atoms with E-state index >= 15 is 0 Å². The maximum atomic E-state index is 12.8. The number of ketones is 1. The molecule has 0 spiro atoms. The number of carbonyl (C=O) groups is 1. The van der Waals surface area contributed by atoms with E-state index in [-0.39, 0.29) is 19.0 Å². The molecule has 0 aliphatic rings. The third-order valence-electron chi connectivity index (χ3n) is 3.74. The highest BCUT2D eigenvalue weighted by atomic mass is 16.5. The van der Waals surface area contributed by atoms with Gasteiger partial charge in [0, 0.05) is 22.9 Å². The number of nitrogens with zero attached hydrogens (tertiary/aromatic N) is 1. The lowest BCUT2D eigenvalue weighted by molar-refractivity contribution is 0.103. The molecular formula is C20H17NO3. The topological polar surface area (TPSA) is 59.4 Å². The van der Waals surface area contributed by atoms with Gasteiger partial charge >= 0.3 is 0 Å². The molecule has 24 heavy (non-hydrogen) atoms. The van der Waals surface area contributed by atoms with Crippen molar-refractivity contribution in [2.75, 3.05) is 0 Å². The van der Waals surface area contributed by atoms with E-state index < -0.39 is 0 Å². The van der Waals surface area contributed by atoms with Crippen LogP contribution in [0.4, 0.5) is 0 Å². The Morgan fingerprint density at radius 3 is 2.54 bits per heavy atom. The number of rotatable bonds is 6. The predicted octanol–water partition coefficient (Wildman–Crippen LogP) is 3.38. The molecule has 1 N–H and O–H groups in total. The summed E-state index contributed by atoms with van der Waals surface area (Å²) < 4.78 is 5.74. The van der Waals surface area contributed by atoms with Crippen molar-refractivity contribution >= 4 is 5.78 Å². The van der Waals surface area contributed by atoms with Gasteiger partial charge in [0.05, 0.1) is 12.8 Å². The molecule has 2 aromatic carbocycles. The Kier molecular flexibility index (Phi) is 4.99. The van der Waals surface area contributed by atoms with Crippen LogP contribution in [0.2, 0.25) is 0 Å². The normalized spacial score (nSPS) is 10.4. The standard InChI is InChI=1S/C20H17NO3/c22-13-16-8-4-10-18(20(23)15-6-2-1-3-7-15)19(16)14-24-17-9-5-11-21-12-17/h1-12,22H,13-14H2. The summed E-state index contributed by atoms with van der Waals surface area (Å²) in [7, 11) is 0. The SMILES string of the molecule is O=C(c1ccccc1)c1cccc(CO)c1COc1cccnc1. The number of benzene rings is 2. The summed E-state index contributed by atoms with van der Waals surface area (Å²) in [6.45, 7) is 0.0397. The van der Waals surface area contributed by atoms with E-state index in [4.69, 9.17) is 4.74 Å². The zero-order valence-corrected chi connectivity index (χ0v) is 13.1. The molecule has 0 radical (unpaired) electrons. The summed E-state index contributed by atoms with van der Waals surface area (Å²) in [6, 6.07) is 18.0. The van der Waals surface area contributed by atoms with E-state index in [9.17, 15) is 9.90 Å². The van der Waals surface area contributed by atoms with E-state index in [1.807, 2.05) is 18.2 Å². The Morgan fingerprint density at radius 1 is 1.00 bits per heavy atom. The predicted molar refractivity (Wildman–Crippen MR) is 90.8 cm³/mol. The fourth-order valence-corrected chi connectivity index (χ4v) is 2.50. The van der Waals surface area contributed by atoms with Gasteiger partial charge in [-0.05, 0) is 17.7 Å². The lowest BCUT2D eigenvalue weighted by Crippen LogP contribution is -2.10. The molecule has 0 unspecified atom stereocenters. The van der Waals surface area contributed by atoms with Crippen LogP contribution in [0.25, 0.3) is 0 Å². The smallest absolute Gasteiger partial charge is 0.193 e. The molecular weight excluding hydrogens is 302 g/mol. The largest absolute Gasteiger partial charge is 0.487 e. The zero-order valence-electron chi connectivity index (χ0n) is 13.1. The third kappa shape index (κ3) is 3.50. The van der Waals surface area contributed by atoms with Gasteiger partial charge in [0.25, 0.3) is 0 Å². The van der Waals surface area contributed by atoms with Crippen molar-refractivity contribution in [2.45, 2.75) is 13.2 Å². The number of hydrogen-bond donors (Lipinski definition) is 1. The van der Waals surface area contributed by atoms with E-state index in [2.05, 4.69) is 4.98 Å². The molecule has 0 saturated heterocycles. The second kappa shape index (κ2) is 7.53. The minimum atomic E-state index is -0.151. The lowest BCUT2D eigenvalue weighted by Gasteiger charge is -2.14. The minimum absolute atomic E-state index is 0.0873. The van der Waals surface area contributed by atoms with Gasteiger partial charge in [-0.3, -0.25) is 9.78 Å². The van der Waals surface area contributed by atoms with Crippen molar-refractivity contribution in [1.29, 1.82) is 0 Å². The molecule has 0 amide bonds. The number of ether oxygens (including phenoxy) is 1. The summed E-state index contributed by atoms with van der Waals surface area (Å²) in [5.74, 6) is 0.527. The molecule has 4 nitrogen and oxygen atoms in total. The highest BCUT2D eigenvalue weighted by Crippen LogP contribution is 2.21. The Hall–Kier alpha value is -2.98. The summed E-state index contributed by atoms with van der Waals surface area (Å²) in [5, 5.41) is 9.61. The molecule has 3 rings (SSSR count). The molecule has 0 aliphatic carbocycles. The van der Waals surface area contributed by atoms with Gasteiger partial charge in [-0.1, -0.05) is 48.5 Å². The van der Waals surface area contributed by atoms with Gasteiger partial charge in [-0.15, -0.1) is 0 Å². The molecule has 4 heteroatoms. The Morgan fingerprint density at radius 2 is 1.83 bits per heavy atom. The molecule has 0 atom stereocenters. The number of hydrogen-bond acceptors (Lipinski definition) is 4. The Balaban J connectivity index is 1.93. The van der Waals surface area contributed by atoms with E-state index in [0.29, 0.717) is 28.0 Å². The lowest BCUT2D eigenvalue weighted by atomic mass is 9.95. The number of aliphatic hydroxyl groups excluding tert-OH is 1. The van der Waals surface area contributed by atoms with Crippen LogP contribution in [0, 0.1) is 0 Å². The third-order valence-corrected chi connectivity index (χ3v) is 3.74. The molecule has 0 aliphatic heterocycles. The number of pyridine rings is 1. The van der Waals surface area contributed by atoms with Gasteiger partial charge in [-0.2, -0.15) is 0 Å². The van der Waals surface area contributed by atoms with Crippen LogP contribution in [0.15, 0.2) is 73.1 Å². The van der Waals surface area contributed by atoms with Crippen LogP contribution in [-0.4, -0.2) is 15.9 Å². The van der Waals surface area contributed by atoms with Gasteiger partial charge in [0.15, 0.2) is 5.78 Å². The van der Waals surface area contributed by atoms with Gasteiger partial charge < -0.3 is 9.84 Å². The highest BCUT2D eigenvalue weighted by Gasteiger charge is 2.16. The Labute approximate surface area is 140 Å². The highest BCUT2D eigenvalue weighted by molar-refractivity contribution is 6.10. The van der Waals surface area contributed by atoms with Gasteiger partial charge in [0.2, 0.25) is 0 Å². The fourth-order valence-electron chi connectivity index (χ4n) is 2.50. The summed E-state index contributed by atoms with van der Waals surface area (Å²) in [6.07, 6.45) is 3.28. The molecule has 3 aromatic rings. The summed E-state index contributed by atoms with van der Waals surface area (Å²) in [4.78, 5) is 16.8. The van der Waals surface area contributed by atoms with Crippen molar-refractivity contribution in [2.24, 2.45) is 0 Å². The first-order chi connectivity index (χ1) is 11.8. The van der Waals surface area contributed by atoms with Crippen molar-refractivity contribution < 1.29 is 14.6 Å². The molecule has 0 fully saturated rings. The first-order valence-electron chi connectivity index (χ1n) is 7.64. The monoisotopic (exact) mass is 319 g/mol. The van der Waals surface area contributed by atoms with Crippen molar-refractivity contribution in [3.63, 3.8) is 0 Å². The van der Waals surface area contributed by atoms with Crippen molar-refractivity contribution in [3.8, 4) is 5.75 Å². The van der Waals surface area contributed by atoms with Crippen molar-refractivity contribution in [1.82, 2.24) is 4.98 Å². The Bertz CT molecular complexity index is 817. The maximum absolute atomic E-state index is 12.8. The van der Waals surface area contributed by atoms with Crippen LogP contribution >= 0.6 is 0 Å². The van der Waals surface area contributed by atoms with Gasteiger partial charge in [0.1, 0.15) is 12.4 Å². The van der Waals surface area contributed by atoms with Crippen LogP contribution < -0.4 is 4.74 Å². The van der Waals surface area contributed by atoms with Crippen molar-refractivity contribution in [3.05, 3.63) is 95.3 Å². The summed E-state index contributed by atoms with van der Waals surface area (Å²) >= 11 is 0. The fraction of sp³-hybridized carbons (Fsp3) is 0.100. The van der Waals surface area contributed by atoms with Crippen LogP contribution in [0.1, 0.15) is 27.0 Å².